The number of nitrogens with zero attached hydrogens (tertiary/aromatic N) is 1. The number of benzene rings is 3. The Balaban J connectivity index is 1.44. The highest BCUT2D eigenvalue weighted by atomic mass is 16.7. The van der Waals surface area contributed by atoms with E-state index in [1.54, 1.807) is 7.11 Å². The number of carbonyl (C=O) groups is 1. The summed E-state index contributed by atoms with van der Waals surface area (Å²) in [5, 5.41) is 10.4. The third kappa shape index (κ3) is 4.39. The van der Waals surface area contributed by atoms with Crippen molar-refractivity contribution in [3.8, 4) is 23.0 Å². The molecule has 0 unspecified atom stereocenters. The first-order valence-electron chi connectivity index (χ1n) is 11.3. The van der Waals surface area contributed by atoms with Gasteiger partial charge in [-0.05, 0) is 47.5 Å². The Morgan fingerprint density at radius 1 is 0.971 bits per heavy atom. The van der Waals surface area contributed by atoms with Gasteiger partial charge in [-0.1, -0.05) is 36.4 Å². The fraction of sp³-hybridized carbons (Fsp3) is 0.296. The minimum atomic E-state index is -0.824. The largest absolute Gasteiger partial charge is 0.497 e. The Hall–Kier alpha value is -3.71. The van der Waals surface area contributed by atoms with Crippen LogP contribution in [-0.2, 0) is 4.79 Å². The fourth-order valence-corrected chi connectivity index (χ4v) is 4.94. The maximum Gasteiger partial charge on any atom is 0.309 e. The van der Waals surface area contributed by atoms with Gasteiger partial charge in [0.1, 0.15) is 18.1 Å². The minimum Gasteiger partial charge on any atom is -0.497 e. The molecule has 0 amide bonds. The van der Waals surface area contributed by atoms with E-state index >= 15 is 0 Å². The third-order valence-corrected chi connectivity index (χ3v) is 6.56. The zero-order valence-corrected chi connectivity index (χ0v) is 18.9. The molecule has 7 nitrogen and oxygen atoms in total. The lowest BCUT2D eigenvalue weighted by molar-refractivity contribution is -0.143. The van der Waals surface area contributed by atoms with Crippen LogP contribution in [0.25, 0.3) is 0 Å². The van der Waals surface area contributed by atoms with Crippen molar-refractivity contribution >= 4 is 5.97 Å². The molecule has 2 heterocycles. The van der Waals surface area contributed by atoms with Crippen LogP contribution in [0.2, 0.25) is 0 Å². The molecule has 0 aromatic heterocycles. The van der Waals surface area contributed by atoms with Crippen molar-refractivity contribution in [2.24, 2.45) is 5.92 Å². The summed E-state index contributed by atoms with van der Waals surface area (Å²) in [5.74, 6) is 1.21. The highest BCUT2D eigenvalue weighted by Gasteiger charge is 2.47. The summed E-state index contributed by atoms with van der Waals surface area (Å²) in [6.07, 6.45) is 0. The number of aliphatic carboxylic acids is 1. The Kier molecular flexibility index (Phi) is 6.27. The summed E-state index contributed by atoms with van der Waals surface area (Å²) in [6, 6.07) is 22.7. The summed E-state index contributed by atoms with van der Waals surface area (Å²) in [4.78, 5) is 14.8. The van der Waals surface area contributed by atoms with Crippen LogP contribution in [-0.4, -0.2) is 49.6 Å². The molecular weight excluding hydrogens is 434 g/mol. The normalized spacial score (nSPS) is 21.4. The molecule has 0 radical (unpaired) electrons. The quantitative estimate of drug-likeness (QED) is 0.535. The minimum absolute atomic E-state index is 0.184. The van der Waals surface area contributed by atoms with E-state index in [-0.39, 0.29) is 18.8 Å². The second-order valence-electron chi connectivity index (χ2n) is 8.46. The van der Waals surface area contributed by atoms with Gasteiger partial charge in [-0.2, -0.15) is 0 Å². The summed E-state index contributed by atoms with van der Waals surface area (Å²) >= 11 is 0. The van der Waals surface area contributed by atoms with Crippen molar-refractivity contribution < 1.29 is 28.8 Å². The van der Waals surface area contributed by atoms with Crippen molar-refractivity contribution in [1.82, 2.24) is 4.90 Å². The number of methoxy groups -OCH3 is 1. The highest BCUT2D eigenvalue weighted by Crippen LogP contribution is 2.47. The molecular formula is C27H27NO6. The second kappa shape index (κ2) is 9.65. The smallest absolute Gasteiger partial charge is 0.309 e. The molecule has 2 aliphatic rings. The molecule has 0 aliphatic carbocycles. The monoisotopic (exact) mass is 461 g/mol. The highest BCUT2D eigenvalue weighted by molar-refractivity contribution is 5.74. The van der Waals surface area contributed by atoms with Crippen LogP contribution < -0.4 is 18.9 Å². The number of likely N-dealkylation sites (tertiary alicyclic amines) is 1. The van der Waals surface area contributed by atoms with Crippen LogP contribution in [0.1, 0.15) is 23.1 Å². The first-order valence-corrected chi connectivity index (χ1v) is 11.3. The van der Waals surface area contributed by atoms with Crippen LogP contribution >= 0.6 is 0 Å². The van der Waals surface area contributed by atoms with E-state index in [2.05, 4.69) is 4.90 Å². The number of fused-ring (bicyclic) bond motifs is 1. The van der Waals surface area contributed by atoms with Gasteiger partial charge in [0.2, 0.25) is 6.79 Å². The topological polar surface area (TPSA) is 77.5 Å². The molecule has 3 aromatic carbocycles. The molecule has 3 atom stereocenters. The van der Waals surface area contributed by atoms with Gasteiger partial charge in [0.25, 0.3) is 0 Å². The fourth-order valence-electron chi connectivity index (χ4n) is 4.94. The molecule has 5 rings (SSSR count). The van der Waals surface area contributed by atoms with E-state index in [0.29, 0.717) is 31.2 Å². The molecule has 34 heavy (non-hydrogen) atoms. The Labute approximate surface area is 198 Å². The molecule has 0 spiro atoms. The lowest BCUT2D eigenvalue weighted by Crippen LogP contribution is -2.31. The van der Waals surface area contributed by atoms with Crippen LogP contribution in [0.4, 0.5) is 0 Å². The predicted molar refractivity (Wildman–Crippen MR) is 126 cm³/mol. The second-order valence-corrected chi connectivity index (χ2v) is 8.46. The van der Waals surface area contributed by atoms with E-state index in [9.17, 15) is 9.90 Å². The zero-order valence-electron chi connectivity index (χ0n) is 18.9. The number of carboxylic acid groups (broad SMARTS) is 1. The van der Waals surface area contributed by atoms with Gasteiger partial charge in [0.15, 0.2) is 11.5 Å². The Morgan fingerprint density at radius 3 is 2.44 bits per heavy atom. The standard InChI is InChI=1S/C27H27NO6/c1-31-20-10-7-18(8-11-20)26-25(27(29)30)22(19-9-12-23-24(15-19)34-17-33-23)16-28(26)13-14-32-21-5-3-2-4-6-21/h2-12,15,22,25-26H,13-14,16-17H2,1H3,(H,29,30)/t22-,25+,26-/m1/s1. The number of para-hydroxylation sites is 1. The van der Waals surface area contributed by atoms with E-state index in [1.807, 2.05) is 72.8 Å². The summed E-state index contributed by atoms with van der Waals surface area (Å²) in [5.41, 5.74) is 1.87. The summed E-state index contributed by atoms with van der Waals surface area (Å²) in [6.45, 7) is 1.82. The van der Waals surface area contributed by atoms with Gasteiger partial charge in [-0.3, -0.25) is 9.69 Å². The molecule has 7 heteroatoms. The van der Waals surface area contributed by atoms with E-state index in [1.165, 1.54) is 0 Å². The SMILES string of the molecule is COc1ccc([C@@H]2[C@@H](C(=O)O)[C@@H](c3ccc4c(c3)OCO4)CN2CCOc2ccccc2)cc1. The molecule has 0 bridgehead atoms. The van der Waals surface area contributed by atoms with Crippen LogP contribution in [0.3, 0.4) is 0 Å². The Morgan fingerprint density at radius 2 is 1.71 bits per heavy atom. The van der Waals surface area contributed by atoms with Gasteiger partial charge in [-0.25, -0.2) is 0 Å². The maximum atomic E-state index is 12.6. The first kappa shape index (κ1) is 22.1. The molecule has 0 saturated carbocycles. The van der Waals surface area contributed by atoms with Gasteiger partial charge in [0, 0.05) is 25.0 Å². The van der Waals surface area contributed by atoms with Crippen LogP contribution in [0.5, 0.6) is 23.0 Å². The molecule has 2 aliphatic heterocycles. The first-order chi connectivity index (χ1) is 16.6. The van der Waals surface area contributed by atoms with Crippen molar-refractivity contribution in [3.63, 3.8) is 0 Å². The average Bonchev–Trinajstić information content (AvgIpc) is 3.49. The van der Waals surface area contributed by atoms with E-state index in [0.717, 1.165) is 22.6 Å². The molecule has 176 valence electrons. The van der Waals surface area contributed by atoms with Crippen molar-refractivity contribution in [2.75, 3.05) is 33.6 Å². The molecule has 3 aromatic rings. The average molecular weight is 462 g/mol. The van der Waals surface area contributed by atoms with Gasteiger partial charge in [0.05, 0.1) is 13.0 Å². The number of hydrogen-bond donors (Lipinski definition) is 1. The van der Waals surface area contributed by atoms with Crippen molar-refractivity contribution in [3.05, 3.63) is 83.9 Å². The molecule has 1 saturated heterocycles. The third-order valence-electron chi connectivity index (χ3n) is 6.56. The number of ether oxygens (including phenoxy) is 4. The molecule has 1 fully saturated rings. The predicted octanol–water partition coefficient (Wildman–Crippen LogP) is 4.34. The summed E-state index contributed by atoms with van der Waals surface area (Å²) in [7, 11) is 1.62. The van der Waals surface area contributed by atoms with Crippen molar-refractivity contribution in [1.29, 1.82) is 0 Å². The molecule has 1 N–H and O–H groups in total. The lowest BCUT2D eigenvalue weighted by atomic mass is 9.82. The summed E-state index contributed by atoms with van der Waals surface area (Å²) < 4.78 is 22.2. The van der Waals surface area contributed by atoms with Gasteiger partial charge in [-0.15, -0.1) is 0 Å². The van der Waals surface area contributed by atoms with Crippen molar-refractivity contribution in [2.45, 2.75) is 12.0 Å². The number of carboxylic acids is 1. The van der Waals surface area contributed by atoms with E-state index in [4.69, 9.17) is 18.9 Å². The zero-order chi connectivity index (χ0) is 23.5. The van der Waals surface area contributed by atoms with Crippen LogP contribution in [0, 0.1) is 5.92 Å². The van der Waals surface area contributed by atoms with Gasteiger partial charge >= 0.3 is 5.97 Å². The van der Waals surface area contributed by atoms with Crippen LogP contribution in [0.15, 0.2) is 72.8 Å². The van der Waals surface area contributed by atoms with Gasteiger partial charge < -0.3 is 24.1 Å². The lowest BCUT2D eigenvalue weighted by Gasteiger charge is -2.27. The van der Waals surface area contributed by atoms with E-state index < -0.39 is 11.9 Å². The Bertz CT molecular complexity index is 1130. The number of hydrogen-bond acceptors (Lipinski definition) is 6. The maximum absolute atomic E-state index is 12.6. The number of rotatable bonds is 8.